The lowest BCUT2D eigenvalue weighted by Crippen LogP contribution is -2.03. The fourth-order valence-electron chi connectivity index (χ4n) is 2.80. The van der Waals surface area contributed by atoms with Crippen molar-refractivity contribution in [3.63, 3.8) is 0 Å². The zero-order chi connectivity index (χ0) is 13.6. The summed E-state index contributed by atoms with van der Waals surface area (Å²) in [4.78, 5) is 11.0. The van der Waals surface area contributed by atoms with Gasteiger partial charge in [0.2, 0.25) is 0 Å². The molecule has 1 aromatic heterocycles. The van der Waals surface area contributed by atoms with E-state index in [1.165, 1.54) is 16.5 Å². The van der Waals surface area contributed by atoms with Crippen molar-refractivity contribution in [1.29, 1.82) is 0 Å². The number of benzene rings is 1. The third-order valence-electron chi connectivity index (χ3n) is 3.62. The van der Waals surface area contributed by atoms with Crippen molar-refractivity contribution in [2.45, 2.75) is 19.3 Å². The number of hydrogen-bond acceptors (Lipinski definition) is 3. The molecule has 2 aromatic rings. The van der Waals surface area contributed by atoms with E-state index in [0.717, 1.165) is 22.5 Å². The lowest BCUT2D eigenvalue weighted by molar-refractivity contribution is -0.136. The predicted molar refractivity (Wildman–Crippen MR) is 79.9 cm³/mol. The van der Waals surface area contributed by atoms with Gasteiger partial charge < -0.3 is 10.4 Å². The molecular formula is C14H14ClNO2S. The molecule has 1 atom stereocenters. The Labute approximate surface area is 120 Å². The number of anilines is 1. The van der Waals surface area contributed by atoms with E-state index in [1.54, 1.807) is 11.3 Å². The highest BCUT2D eigenvalue weighted by atomic mass is 35.5. The average molecular weight is 296 g/mol. The molecule has 0 radical (unpaired) electrons. The van der Waals surface area contributed by atoms with Gasteiger partial charge in [0.25, 0.3) is 0 Å². The van der Waals surface area contributed by atoms with Crippen LogP contribution in [0, 0.1) is 6.92 Å². The van der Waals surface area contributed by atoms with Crippen LogP contribution in [-0.4, -0.2) is 23.5 Å². The van der Waals surface area contributed by atoms with Crippen molar-refractivity contribution >= 4 is 44.7 Å². The van der Waals surface area contributed by atoms with Gasteiger partial charge in [-0.15, -0.1) is 22.9 Å². The van der Waals surface area contributed by atoms with Crippen LogP contribution in [0.25, 0.3) is 10.1 Å². The number of thiophene rings is 1. The van der Waals surface area contributed by atoms with Gasteiger partial charge in [-0.05, 0) is 35.1 Å². The Morgan fingerprint density at radius 3 is 3.11 bits per heavy atom. The van der Waals surface area contributed by atoms with Gasteiger partial charge in [-0.1, -0.05) is 0 Å². The zero-order valence-electron chi connectivity index (χ0n) is 10.5. The molecule has 100 valence electrons. The quantitative estimate of drug-likeness (QED) is 0.851. The molecule has 1 aliphatic rings. The lowest BCUT2D eigenvalue weighted by Gasteiger charge is -2.11. The molecular weight excluding hydrogens is 282 g/mol. The minimum atomic E-state index is -0.792. The average Bonchev–Trinajstić information content (AvgIpc) is 2.92. The van der Waals surface area contributed by atoms with E-state index in [0.29, 0.717) is 11.8 Å². The van der Waals surface area contributed by atoms with Crippen molar-refractivity contribution in [2.24, 2.45) is 0 Å². The maximum atomic E-state index is 11.0. The standard InChI is InChI=1S/C14H14ClNO2S/c1-7-6-19-14-8(3-11(17)18)2-10-13(12(7)14)9(4-15)5-16-10/h2,6,9,16H,3-5H2,1H3,(H,17,18)/t9-/m0/s1. The summed E-state index contributed by atoms with van der Waals surface area (Å²) in [7, 11) is 0. The molecule has 0 spiro atoms. The highest BCUT2D eigenvalue weighted by Crippen LogP contribution is 2.43. The van der Waals surface area contributed by atoms with Gasteiger partial charge in [0, 0.05) is 34.1 Å². The molecule has 0 unspecified atom stereocenters. The van der Waals surface area contributed by atoms with Crippen LogP contribution in [0.15, 0.2) is 11.4 Å². The summed E-state index contributed by atoms with van der Waals surface area (Å²) in [5.41, 5.74) is 4.41. The molecule has 1 aromatic carbocycles. The van der Waals surface area contributed by atoms with Crippen molar-refractivity contribution in [1.82, 2.24) is 0 Å². The third-order valence-corrected chi connectivity index (χ3v) is 5.17. The molecule has 0 aliphatic carbocycles. The fourth-order valence-corrected chi connectivity index (χ4v) is 4.15. The van der Waals surface area contributed by atoms with Crippen LogP contribution in [-0.2, 0) is 11.2 Å². The molecule has 0 saturated carbocycles. The second kappa shape index (κ2) is 4.69. The van der Waals surface area contributed by atoms with Crippen LogP contribution in [0.3, 0.4) is 0 Å². The molecule has 2 N–H and O–H groups in total. The largest absolute Gasteiger partial charge is 0.481 e. The van der Waals surface area contributed by atoms with Crippen molar-refractivity contribution in [3.05, 3.63) is 28.1 Å². The van der Waals surface area contributed by atoms with Gasteiger partial charge in [-0.25, -0.2) is 0 Å². The topological polar surface area (TPSA) is 49.3 Å². The maximum Gasteiger partial charge on any atom is 0.307 e. The van der Waals surface area contributed by atoms with E-state index in [-0.39, 0.29) is 6.42 Å². The molecule has 2 heterocycles. The molecule has 19 heavy (non-hydrogen) atoms. The minimum absolute atomic E-state index is 0.0664. The number of carboxylic acids is 1. The molecule has 0 fully saturated rings. The summed E-state index contributed by atoms with van der Waals surface area (Å²) >= 11 is 7.68. The Morgan fingerprint density at radius 2 is 2.42 bits per heavy atom. The molecule has 3 nitrogen and oxygen atoms in total. The van der Waals surface area contributed by atoms with Crippen LogP contribution in [0.1, 0.15) is 22.6 Å². The van der Waals surface area contributed by atoms with E-state index >= 15 is 0 Å². The number of carbonyl (C=O) groups is 1. The number of fused-ring (bicyclic) bond motifs is 3. The highest BCUT2D eigenvalue weighted by Gasteiger charge is 2.27. The van der Waals surface area contributed by atoms with Crippen LogP contribution in [0.4, 0.5) is 5.69 Å². The monoisotopic (exact) mass is 295 g/mol. The van der Waals surface area contributed by atoms with Gasteiger partial charge in [-0.2, -0.15) is 0 Å². The van der Waals surface area contributed by atoms with Gasteiger partial charge >= 0.3 is 5.97 Å². The van der Waals surface area contributed by atoms with Crippen LogP contribution < -0.4 is 5.32 Å². The van der Waals surface area contributed by atoms with E-state index in [1.807, 2.05) is 6.07 Å². The van der Waals surface area contributed by atoms with Gasteiger partial charge in [0.1, 0.15) is 0 Å². The number of hydrogen-bond donors (Lipinski definition) is 2. The minimum Gasteiger partial charge on any atom is -0.481 e. The number of aryl methyl sites for hydroxylation is 1. The molecule has 5 heteroatoms. The summed E-state index contributed by atoms with van der Waals surface area (Å²) < 4.78 is 1.09. The predicted octanol–water partition coefficient (Wildman–Crippen LogP) is 3.58. The van der Waals surface area contributed by atoms with Crippen LogP contribution >= 0.6 is 22.9 Å². The summed E-state index contributed by atoms with van der Waals surface area (Å²) in [6.45, 7) is 2.91. The van der Waals surface area contributed by atoms with Crippen LogP contribution in [0.2, 0.25) is 0 Å². The Bertz CT molecular complexity index is 665. The smallest absolute Gasteiger partial charge is 0.307 e. The Balaban J connectivity index is 2.28. The zero-order valence-corrected chi connectivity index (χ0v) is 12.1. The first-order chi connectivity index (χ1) is 9.11. The third kappa shape index (κ3) is 1.99. The summed E-state index contributed by atoms with van der Waals surface area (Å²) in [6.07, 6.45) is 0.0664. The Hall–Kier alpha value is -1.26. The van der Waals surface area contributed by atoms with E-state index in [4.69, 9.17) is 16.7 Å². The molecule has 0 bridgehead atoms. The Kier molecular flexibility index (Phi) is 3.15. The molecule has 3 rings (SSSR count). The fraction of sp³-hybridized carbons (Fsp3) is 0.357. The highest BCUT2D eigenvalue weighted by molar-refractivity contribution is 7.17. The number of nitrogens with one attached hydrogen (secondary N) is 1. The first-order valence-corrected chi connectivity index (χ1v) is 7.58. The summed E-state index contributed by atoms with van der Waals surface area (Å²) in [5, 5.41) is 15.7. The second-order valence-electron chi connectivity index (χ2n) is 4.92. The summed E-state index contributed by atoms with van der Waals surface area (Å²) in [6, 6.07) is 1.98. The van der Waals surface area contributed by atoms with E-state index < -0.39 is 5.97 Å². The van der Waals surface area contributed by atoms with Gasteiger partial charge in [0.05, 0.1) is 6.42 Å². The van der Waals surface area contributed by atoms with Crippen molar-refractivity contribution < 1.29 is 9.90 Å². The van der Waals surface area contributed by atoms with E-state index in [9.17, 15) is 4.79 Å². The maximum absolute atomic E-state index is 11.0. The number of aliphatic carboxylic acids is 1. The lowest BCUT2D eigenvalue weighted by atomic mass is 9.94. The normalized spacial score (nSPS) is 17.5. The first kappa shape index (κ1) is 12.8. The second-order valence-corrected chi connectivity index (χ2v) is 6.11. The molecule has 0 amide bonds. The van der Waals surface area contributed by atoms with Crippen LogP contribution in [0.5, 0.6) is 0 Å². The first-order valence-electron chi connectivity index (χ1n) is 6.17. The van der Waals surface area contributed by atoms with E-state index in [2.05, 4.69) is 17.6 Å². The van der Waals surface area contributed by atoms with Crippen molar-refractivity contribution in [2.75, 3.05) is 17.7 Å². The molecule has 0 saturated heterocycles. The molecule has 1 aliphatic heterocycles. The number of carboxylic acid groups (broad SMARTS) is 1. The van der Waals surface area contributed by atoms with Gasteiger partial charge in [0.15, 0.2) is 0 Å². The number of alkyl halides is 1. The van der Waals surface area contributed by atoms with Gasteiger partial charge in [-0.3, -0.25) is 4.79 Å². The van der Waals surface area contributed by atoms with Crippen molar-refractivity contribution in [3.8, 4) is 0 Å². The number of halogens is 1. The Morgan fingerprint density at radius 1 is 1.63 bits per heavy atom. The SMILES string of the molecule is Cc1csc2c(CC(=O)O)cc3c(c12)[C@@H](CCl)CN3. The summed E-state index contributed by atoms with van der Waals surface area (Å²) in [5.74, 6) is 0.105. The number of rotatable bonds is 3.